The number of nitrogens with zero attached hydrogens (tertiary/aromatic N) is 2. The van der Waals surface area contributed by atoms with E-state index in [1.165, 1.54) is 24.3 Å². The first-order chi connectivity index (χ1) is 15.8. The van der Waals surface area contributed by atoms with Crippen molar-refractivity contribution in [1.29, 1.82) is 0 Å². The molecule has 1 saturated heterocycles. The number of carbonyl (C=O) groups excluding carboxylic acids is 3. The van der Waals surface area contributed by atoms with Gasteiger partial charge in [0.2, 0.25) is 0 Å². The molecule has 2 heterocycles. The van der Waals surface area contributed by atoms with Gasteiger partial charge < -0.3 is 9.84 Å². The number of ether oxygens (including phenoxy) is 1. The number of anilines is 1. The number of rotatable bonds is 5. The molecule has 33 heavy (non-hydrogen) atoms. The Hall–Kier alpha value is -3.85. The number of carbonyl (C=O) groups is 3. The van der Waals surface area contributed by atoms with Crippen LogP contribution in [0.2, 0.25) is 0 Å². The molecule has 1 aliphatic heterocycles. The molecule has 1 atom stereocenters. The quantitative estimate of drug-likeness (QED) is 0.259. The van der Waals surface area contributed by atoms with E-state index in [2.05, 4.69) is 4.98 Å². The SMILES string of the molecule is CCOC(=O)c1sc(N2C(=O)C(=O)C(=C(O)c3ccccc3)C2c2ccc(F)cc2)nc1C. The second kappa shape index (κ2) is 8.95. The third kappa shape index (κ3) is 4.03. The summed E-state index contributed by atoms with van der Waals surface area (Å²) in [5.41, 5.74) is 0.948. The molecule has 4 rings (SSSR count). The van der Waals surface area contributed by atoms with Crippen LogP contribution in [0.15, 0.2) is 60.2 Å². The lowest BCUT2D eigenvalue weighted by Gasteiger charge is -2.23. The van der Waals surface area contributed by atoms with Gasteiger partial charge in [-0.3, -0.25) is 14.5 Å². The standard InChI is InChI=1S/C24H19FN2O5S/c1-3-32-23(31)21-13(2)26-24(33-21)27-18(14-9-11-16(25)12-10-14)17(20(29)22(27)30)19(28)15-7-5-4-6-8-15/h4-12,18,28H,3H2,1-2H3. The maximum atomic E-state index is 13.6. The zero-order valence-corrected chi connectivity index (χ0v) is 18.6. The first-order valence-electron chi connectivity index (χ1n) is 10.1. The van der Waals surface area contributed by atoms with E-state index in [-0.39, 0.29) is 27.9 Å². The highest BCUT2D eigenvalue weighted by molar-refractivity contribution is 7.17. The van der Waals surface area contributed by atoms with Gasteiger partial charge in [0.25, 0.3) is 5.78 Å². The average molecular weight is 466 g/mol. The van der Waals surface area contributed by atoms with Crippen LogP contribution in [0.5, 0.6) is 0 Å². The minimum atomic E-state index is -1.06. The van der Waals surface area contributed by atoms with Gasteiger partial charge in [-0.15, -0.1) is 0 Å². The summed E-state index contributed by atoms with van der Waals surface area (Å²) in [6, 6.07) is 12.6. The Morgan fingerprint density at radius 3 is 2.45 bits per heavy atom. The molecule has 2 aromatic carbocycles. The number of aryl methyl sites for hydroxylation is 1. The monoisotopic (exact) mass is 466 g/mol. The molecular weight excluding hydrogens is 447 g/mol. The van der Waals surface area contributed by atoms with Gasteiger partial charge in [-0.05, 0) is 31.5 Å². The number of ketones is 1. The predicted molar refractivity (Wildman–Crippen MR) is 120 cm³/mol. The van der Waals surface area contributed by atoms with Crippen LogP contribution in [-0.2, 0) is 14.3 Å². The number of thiazole rings is 1. The van der Waals surface area contributed by atoms with Crippen LogP contribution < -0.4 is 4.90 Å². The van der Waals surface area contributed by atoms with E-state index in [1.807, 2.05) is 0 Å². The fraction of sp³-hybridized carbons (Fsp3) is 0.167. The number of hydrogen-bond acceptors (Lipinski definition) is 7. The average Bonchev–Trinajstić information content (AvgIpc) is 3.32. The number of aliphatic hydroxyl groups excluding tert-OH is 1. The fourth-order valence-electron chi connectivity index (χ4n) is 3.61. The highest BCUT2D eigenvalue weighted by Crippen LogP contribution is 2.43. The van der Waals surface area contributed by atoms with Crippen LogP contribution >= 0.6 is 11.3 Å². The Labute approximate surface area is 192 Å². The van der Waals surface area contributed by atoms with Crippen LogP contribution in [-0.4, -0.2) is 34.4 Å². The number of Topliss-reactive ketones (excluding diaryl/α,β-unsaturated/α-hetero) is 1. The van der Waals surface area contributed by atoms with Crippen molar-refractivity contribution in [3.8, 4) is 0 Å². The molecule has 1 aromatic heterocycles. The highest BCUT2D eigenvalue weighted by Gasteiger charge is 2.48. The van der Waals surface area contributed by atoms with Gasteiger partial charge in [-0.1, -0.05) is 53.8 Å². The number of aliphatic hydroxyl groups is 1. The molecule has 1 fully saturated rings. The Bertz CT molecular complexity index is 1270. The molecule has 9 heteroatoms. The zero-order chi connectivity index (χ0) is 23.7. The molecule has 3 aromatic rings. The van der Waals surface area contributed by atoms with E-state index >= 15 is 0 Å². The summed E-state index contributed by atoms with van der Waals surface area (Å²) >= 11 is 0.911. The van der Waals surface area contributed by atoms with Gasteiger partial charge in [0.15, 0.2) is 5.13 Å². The summed E-state index contributed by atoms with van der Waals surface area (Å²) in [6.45, 7) is 3.44. The Morgan fingerprint density at radius 2 is 1.82 bits per heavy atom. The zero-order valence-electron chi connectivity index (χ0n) is 17.7. The topological polar surface area (TPSA) is 96.8 Å². The summed E-state index contributed by atoms with van der Waals surface area (Å²) < 4.78 is 18.7. The Balaban J connectivity index is 1.90. The van der Waals surface area contributed by atoms with Crippen LogP contribution in [0.25, 0.3) is 5.76 Å². The maximum absolute atomic E-state index is 13.6. The molecule has 1 amide bonds. The number of benzene rings is 2. The second-order valence-electron chi connectivity index (χ2n) is 7.22. The predicted octanol–water partition coefficient (Wildman–Crippen LogP) is 4.39. The number of aromatic nitrogens is 1. The Morgan fingerprint density at radius 1 is 1.15 bits per heavy atom. The number of hydrogen-bond donors (Lipinski definition) is 1. The number of halogens is 1. The molecule has 7 nitrogen and oxygen atoms in total. The van der Waals surface area contributed by atoms with Crippen molar-refractivity contribution in [2.75, 3.05) is 11.5 Å². The smallest absolute Gasteiger partial charge is 0.350 e. The molecule has 0 spiro atoms. The minimum Gasteiger partial charge on any atom is -0.507 e. The van der Waals surface area contributed by atoms with Crippen molar-refractivity contribution in [1.82, 2.24) is 4.98 Å². The fourth-order valence-corrected chi connectivity index (χ4v) is 4.60. The van der Waals surface area contributed by atoms with Crippen molar-refractivity contribution in [2.24, 2.45) is 0 Å². The van der Waals surface area contributed by atoms with E-state index in [0.29, 0.717) is 16.8 Å². The van der Waals surface area contributed by atoms with E-state index in [0.717, 1.165) is 16.2 Å². The molecule has 168 valence electrons. The number of amides is 1. The highest BCUT2D eigenvalue weighted by atomic mass is 32.1. The van der Waals surface area contributed by atoms with Gasteiger partial charge in [0.1, 0.15) is 16.5 Å². The molecule has 1 N–H and O–H groups in total. The Kier molecular flexibility index (Phi) is 6.06. The van der Waals surface area contributed by atoms with E-state index in [1.54, 1.807) is 44.2 Å². The van der Waals surface area contributed by atoms with Crippen molar-refractivity contribution < 1.29 is 28.6 Å². The number of esters is 1. The lowest BCUT2D eigenvalue weighted by Crippen LogP contribution is -2.29. The molecule has 1 aliphatic rings. The maximum Gasteiger partial charge on any atom is 0.350 e. The molecular formula is C24H19FN2O5S. The normalized spacial score (nSPS) is 17.4. The molecule has 0 saturated carbocycles. The van der Waals surface area contributed by atoms with Crippen LogP contribution in [0.1, 0.15) is 39.5 Å². The van der Waals surface area contributed by atoms with Crippen molar-refractivity contribution >= 4 is 39.9 Å². The van der Waals surface area contributed by atoms with Gasteiger partial charge in [0, 0.05) is 5.56 Å². The third-order valence-corrected chi connectivity index (χ3v) is 6.27. The second-order valence-corrected chi connectivity index (χ2v) is 8.20. The first-order valence-corrected chi connectivity index (χ1v) is 10.9. The lowest BCUT2D eigenvalue weighted by molar-refractivity contribution is -0.132. The van der Waals surface area contributed by atoms with Crippen LogP contribution in [0, 0.1) is 12.7 Å². The largest absolute Gasteiger partial charge is 0.507 e. The molecule has 0 radical (unpaired) electrons. The third-order valence-electron chi connectivity index (χ3n) is 5.13. The summed E-state index contributed by atoms with van der Waals surface area (Å²) in [6.07, 6.45) is 0. The van der Waals surface area contributed by atoms with Gasteiger partial charge in [0.05, 0.1) is 23.9 Å². The lowest BCUT2D eigenvalue weighted by atomic mass is 9.95. The summed E-state index contributed by atoms with van der Waals surface area (Å²) in [5, 5.41) is 11.1. The minimum absolute atomic E-state index is 0.0964. The summed E-state index contributed by atoms with van der Waals surface area (Å²) in [5.74, 6) is -3.25. The van der Waals surface area contributed by atoms with E-state index in [4.69, 9.17) is 4.74 Å². The summed E-state index contributed by atoms with van der Waals surface area (Å²) in [7, 11) is 0. The molecule has 0 bridgehead atoms. The van der Waals surface area contributed by atoms with Crippen LogP contribution in [0.4, 0.5) is 9.52 Å². The van der Waals surface area contributed by atoms with Gasteiger partial charge in [-0.25, -0.2) is 14.2 Å². The van der Waals surface area contributed by atoms with E-state index in [9.17, 15) is 23.9 Å². The first kappa shape index (κ1) is 22.3. The summed E-state index contributed by atoms with van der Waals surface area (Å²) in [4.78, 5) is 44.1. The van der Waals surface area contributed by atoms with Gasteiger partial charge >= 0.3 is 11.9 Å². The van der Waals surface area contributed by atoms with Gasteiger partial charge in [-0.2, -0.15) is 0 Å². The van der Waals surface area contributed by atoms with Crippen LogP contribution in [0.3, 0.4) is 0 Å². The van der Waals surface area contributed by atoms with Crippen molar-refractivity contribution in [2.45, 2.75) is 19.9 Å². The molecule has 1 unspecified atom stereocenters. The van der Waals surface area contributed by atoms with Crippen molar-refractivity contribution in [3.05, 3.63) is 87.7 Å². The van der Waals surface area contributed by atoms with Crippen molar-refractivity contribution in [3.63, 3.8) is 0 Å². The molecule has 0 aliphatic carbocycles. The van der Waals surface area contributed by atoms with E-state index < -0.39 is 29.5 Å².